The Morgan fingerprint density at radius 1 is 1.14 bits per heavy atom. The van der Waals surface area contributed by atoms with Crippen molar-refractivity contribution in [3.05, 3.63) is 93.4 Å². The lowest BCUT2D eigenvalue weighted by atomic mass is 10.0. The molecule has 0 unspecified atom stereocenters. The van der Waals surface area contributed by atoms with E-state index in [2.05, 4.69) is 5.32 Å². The number of hydrogen-bond acceptors (Lipinski definition) is 4. The number of quaternary nitrogens is 1. The van der Waals surface area contributed by atoms with Gasteiger partial charge >= 0.3 is 0 Å². The Morgan fingerprint density at radius 2 is 1.86 bits per heavy atom. The van der Waals surface area contributed by atoms with Crippen molar-refractivity contribution in [2.75, 3.05) is 11.9 Å². The smallest absolute Gasteiger partial charge is 0.293 e. The molecule has 144 valence electrons. The minimum atomic E-state index is -0.485. The van der Waals surface area contributed by atoms with Crippen molar-refractivity contribution in [2.45, 2.75) is 19.9 Å². The van der Waals surface area contributed by atoms with Crippen molar-refractivity contribution < 1.29 is 19.5 Å². The lowest BCUT2D eigenvalue weighted by Gasteiger charge is -2.14. The van der Waals surface area contributed by atoms with Gasteiger partial charge in [-0.2, -0.15) is 0 Å². The van der Waals surface area contributed by atoms with Gasteiger partial charge in [-0.05, 0) is 43.2 Å². The van der Waals surface area contributed by atoms with Crippen molar-refractivity contribution >= 4 is 17.3 Å². The third-order valence-electron chi connectivity index (χ3n) is 4.63. The van der Waals surface area contributed by atoms with Gasteiger partial charge in [0.1, 0.15) is 5.69 Å². The van der Waals surface area contributed by atoms with Gasteiger partial charge in [-0.3, -0.25) is 14.9 Å². The second-order valence-electron chi connectivity index (χ2n) is 6.60. The first-order valence-electron chi connectivity index (χ1n) is 8.93. The van der Waals surface area contributed by atoms with Crippen molar-refractivity contribution in [3.8, 4) is 0 Å². The summed E-state index contributed by atoms with van der Waals surface area (Å²) in [5.41, 5.74) is 2.78. The van der Waals surface area contributed by atoms with Crippen LogP contribution in [0.25, 0.3) is 0 Å². The van der Waals surface area contributed by atoms with Crippen LogP contribution in [0.15, 0.2) is 65.3 Å². The Morgan fingerprint density at radius 3 is 2.50 bits per heavy atom. The number of carbonyl (C=O) groups is 1. The van der Waals surface area contributed by atoms with Crippen LogP contribution in [0, 0.1) is 24.0 Å². The molecular weight excluding hydrogens is 358 g/mol. The number of anilines is 1. The first kappa shape index (κ1) is 19.3. The van der Waals surface area contributed by atoms with E-state index in [0.717, 1.165) is 22.5 Å². The Bertz CT molecular complexity index is 969. The van der Waals surface area contributed by atoms with E-state index in [9.17, 15) is 14.9 Å². The lowest BCUT2D eigenvalue weighted by Crippen LogP contribution is -2.87. The molecular formula is C21H22N3O4+. The highest BCUT2D eigenvalue weighted by atomic mass is 16.6. The number of benzene rings is 2. The zero-order chi connectivity index (χ0) is 20.1. The molecule has 0 aliphatic carbocycles. The number of rotatable bonds is 7. The highest BCUT2D eigenvalue weighted by Gasteiger charge is 2.23. The molecule has 0 fully saturated rings. The molecule has 7 nitrogen and oxygen atoms in total. The largest absolute Gasteiger partial charge is 0.463 e. The Kier molecular flexibility index (Phi) is 5.86. The molecule has 0 aliphatic heterocycles. The zero-order valence-electron chi connectivity index (χ0n) is 15.7. The van der Waals surface area contributed by atoms with Crippen LogP contribution >= 0.6 is 0 Å². The summed E-state index contributed by atoms with van der Waals surface area (Å²) in [4.78, 5) is 23.3. The van der Waals surface area contributed by atoms with Crippen LogP contribution < -0.4 is 10.6 Å². The fraction of sp³-hybridized carbons (Fsp3) is 0.190. The summed E-state index contributed by atoms with van der Waals surface area (Å²) in [6.07, 6.45) is 1.59. The fourth-order valence-electron chi connectivity index (χ4n) is 3.02. The Hall–Kier alpha value is -3.45. The average Bonchev–Trinajstić information content (AvgIpc) is 3.20. The van der Waals surface area contributed by atoms with E-state index in [4.69, 9.17) is 4.42 Å². The molecule has 2 aromatic carbocycles. The van der Waals surface area contributed by atoms with Crippen molar-refractivity contribution in [1.29, 1.82) is 0 Å². The summed E-state index contributed by atoms with van der Waals surface area (Å²) in [7, 11) is 0. The summed E-state index contributed by atoms with van der Waals surface area (Å²) >= 11 is 0. The maximum Gasteiger partial charge on any atom is 0.293 e. The molecule has 1 atom stereocenters. The molecule has 0 bridgehead atoms. The number of nitro benzene ring substituents is 1. The summed E-state index contributed by atoms with van der Waals surface area (Å²) in [6, 6.07) is 16.3. The number of furan rings is 1. The van der Waals surface area contributed by atoms with Crippen LogP contribution in [0.2, 0.25) is 0 Å². The molecule has 1 aromatic heterocycles. The minimum Gasteiger partial charge on any atom is -0.463 e. The van der Waals surface area contributed by atoms with Gasteiger partial charge in [0.25, 0.3) is 11.6 Å². The van der Waals surface area contributed by atoms with Crippen molar-refractivity contribution in [2.24, 2.45) is 0 Å². The first-order valence-corrected chi connectivity index (χ1v) is 8.93. The monoisotopic (exact) mass is 380 g/mol. The first-order chi connectivity index (χ1) is 13.5. The number of carbonyl (C=O) groups excluding carboxylic acids is 1. The Balaban J connectivity index is 1.74. The van der Waals surface area contributed by atoms with Crippen LogP contribution in [0.4, 0.5) is 11.4 Å². The predicted octanol–water partition coefficient (Wildman–Crippen LogP) is 3.10. The van der Waals surface area contributed by atoms with Crippen LogP contribution in [-0.4, -0.2) is 17.4 Å². The lowest BCUT2D eigenvalue weighted by molar-refractivity contribution is -0.678. The van der Waals surface area contributed by atoms with E-state index < -0.39 is 4.92 Å². The van der Waals surface area contributed by atoms with E-state index in [1.54, 1.807) is 25.3 Å². The van der Waals surface area contributed by atoms with Crippen LogP contribution in [0.1, 0.15) is 28.5 Å². The highest BCUT2D eigenvalue weighted by Crippen LogP contribution is 2.27. The van der Waals surface area contributed by atoms with Gasteiger partial charge < -0.3 is 15.1 Å². The van der Waals surface area contributed by atoms with Gasteiger partial charge in [-0.15, -0.1) is 0 Å². The molecule has 28 heavy (non-hydrogen) atoms. The van der Waals surface area contributed by atoms with E-state index in [1.165, 1.54) is 6.07 Å². The molecule has 0 saturated heterocycles. The second kappa shape index (κ2) is 8.49. The predicted molar refractivity (Wildman–Crippen MR) is 105 cm³/mol. The average molecular weight is 380 g/mol. The van der Waals surface area contributed by atoms with Crippen molar-refractivity contribution in [1.82, 2.24) is 0 Å². The van der Waals surface area contributed by atoms with E-state index in [-0.39, 0.29) is 29.9 Å². The van der Waals surface area contributed by atoms with Crippen LogP contribution in [0.5, 0.6) is 0 Å². The number of nitrogens with two attached hydrogens (primary N) is 1. The SMILES string of the molecule is Cc1cc(NC(=O)C[NH2+][C@H](c2ccccc2)c2ccco2)c([N+](=O)[O-])cc1C. The number of nitro groups is 1. The van der Waals surface area contributed by atoms with Gasteiger partial charge in [-0.1, -0.05) is 30.3 Å². The fourth-order valence-corrected chi connectivity index (χ4v) is 3.02. The van der Waals surface area contributed by atoms with Gasteiger partial charge in [0.2, 0.25) is 0 Å². The number of nitrogens with one attached hydrogen (secondary N) is 1. The van der Waals surface area contributed by atoms with Gasteiger partial charge in [0.15, 0.2) is 18.3 Å². The summed E-state index contributed by atoms with van der Waals surface area (Å²) in [6.45, 7) is 3.74. The number of nitrogens with zero attached hydrogens (tertiary/aromatic N) is 1. The van der Waals surface area contributed by atoms with Crippen LogP contribution in [0.3, 0.4) is 0 Å². The molecule has 3 aromatic rings. The van der Waals surface area contributed by atoms with Crippen LogP contribution in [-0.2, 0) is 4.79 Å². The van der Waals surface area contributed by atoms with Gasteiger partial charge in [0, 0.05) is 11.6 Å². The number of hydrogen-bond donors (Lipinski definition) is 2. The van der Waals surface area contributed by atoms with Gasteiger partial charge in [0.05, 0.1) is 11.2 Å². The third kappa shape index (κ3) is 4.44. The normalized spacial score (nSPS) is 11.8. The standard InChI is InChI=1S/C21H21N3O4/c1-14-11-17(18(24(26)27)12-15(14)2)23-20(25)13-22-21(19-9-6-10-28-19)16-7-4-3-5-8-16/h3-12,21-22H,13H2,1-2H3,(H,23,25)/p+1/t21-/m1/s1. The maximum atomic E-state index is 12.5. The highest BCUT2D eigenvalue weighted by molar-refractivity contribution is 5.94. The molecule has 7 heteroatoms. The topological polar surface area (TPSA) is 102 Å². The molecule has 0 saturated carbocycles. The van der Waals surface area contributed by atoms with E-state index in [1.807, 2.05) is 48.6 Å². The van der Waals surface area contributed by atoms with Crippen molar-refractivity contribution in [3.63, 3.8) is 0 Å². The second-order valence-corrected chi connectivity index (χ2v) is 6.60. The van der Waals surface area contributed by atoms with Gasteiger partial charge in [-0.25, -0.2) is 0 Å². The molecule has 1 heterocycles. The summed E-state index contributed by atoms with van der Waals surface area (Å²) in [5, 5.41) is 15.8. The number of amides is 1. The summed E-state index contributed by atoms with van der Waals surface area (Å²) in [5.74, 6) is 0.412. The number of aryl methyl sites for hydroxylation is 2. The minimum absolute atomic E-state index is 0.0876. The summed E-state index contributed by atoms with van der Waals surface area (Å²) < 4.78 is 5.53. The van der Waals surface area contributed by atoms with E-state index in [0.29, 0.717) is 0 Å². The zero-order valence-corrected chi connectivity index (χ0v) is 15.7. The van der Waals surface area contributed by atoms with E-state index >= 15 is 0 Å². The molecule has 0 radical (unpaired) electrons. The third-order valence-corrected chi connectivity index (χ3v) is 4.63. The Labute approximate surface area is 162 Å². The quantitative estimate of drug-likeness (QED) is 0.486. The maximum absolute atomic E-state index is 12.5. The molecule has 3 rings (SSSR count). The molecule has 3 N–H and O–H groups in total. The molecule has 1 amide bonds. The molecule has 0 spiro atoms. The molecule has 0 aliphatic rings.